The van der Waals surface area contributed by atoms with E-state index in [9.17, 15) is 9.59 Å². The van der Waals surface area contributed by atoms with Crippen LogP contribution in [0.5, 0.6) is 0 Å². The number of fused-ring (bicyclic) bond motifs is 1. The molecule has 0 amide bonds. The van der Waals surface area contributed by atoms with E-state index in [2.05, 4.69) is 18.1 Å². The number of aromatic nitrogens is 2. The zero-order valence-electron chi connectivity index (χ0n) is 16.4. The highest BCUT2D eigenvalue weighted by molar-refractivity contribution is 6.02. The number of rotatable bonds is 8. The van der Waals surface area contributed by atoms with Crippen molar-refractivity contribution < 1.29 is 9.53 Å². The van der Waals surface area contributed by atoms with E-state index in [-0.39, 0.29) is 17.9 Å². The Hall–Kier alpha value is -3.46. The van der Waals surface area contributed by atoms with Gasteiger partial charge in [0.2, 0.25) is 0 Å². The van der Waals surface area contributed by atoms with Crippen molar-refractivity contribution in [3.05, 3.63) is 75.7 Å². The molecule has 0 aliphatic heterocycles. The number of aryl methyl sites for hydroxylation is 1. The summed E-state index contributed by atoms with van der Waals surface area (Å²) >= 11 is 0. The lowest BCUT2D eigenvalue weighted by Crippen LogP contribution is -2.26. The number of nitriles is 1. The van der Waals surface area contributed by atoms with E-state index in [1.54, 1.807) is 48.5 Å². The van der Waals surface area contributed by atoms with Gasteiger partial charge in [0.25, 0.3) is 5.56 Å². The van der Waals surface area contributed by atoms with Crippen LogP contribution in [0.25, 0.3) is 10.8 Å². The van der Waals surface area contributed by atoms with Crippen LogP contribution in [0.1, 0.15) is 54.2 Å². The molecule has 3 rings (SSSR count). The van der Waals surface area contributed by atoms with Crippen molar-refractivity contribution in [3.63, 3.8) is 0 Å². The van der Waals surface area contributed by atoms with Crippen LogP contribution in [-0.4, -0.2) is 15.7 Å². The highest BCUT2D eigenvalue weighted by atomic mass is 16.5. The monoisotopic (exact) mass is 389 g/mol. The molecule has 0 saturated carbocycles. The van der Waals surface area contributed by atoms with Gasteiger partial charge in [-0.1, -0.05) is 56.5 Å². The molecule has 1 heterocycles. The van der Waals surface area contributed by atoms with Crippen LogP contribution in [0.3, 0.4) is 0 Å². The minimum Gasteiger partial charge on any atom is -0.456 e. The van der Waals surface area contributed by atoms with E-state index in [1.807, 2.05) is 0 Å². The molecule has 0 unspecified atom stereocenters. The maximum Gasteiger partial charge on any atom is 0.359 e. The first-order valence-corrected chi connectivity index (χ1v) is 9.80. The summed E-state index contributed by atoms with van der Waals surface area (Å²) in [6.07, 6.45) is 4.03. The Bertz CT molecular complexity index is 1110. The topological polar surface area (TPSA) is 85.0 Å². The van der Waals surface area contributed by atoms with Gasteiger partial charge in [0, 0.05) is 11.9 Å². The first-order valence-electron chi connectivity index (χ1n) is 9.80. The van der Waals surface area contributed by atoms with Crippen LogP contribution in [0.2, 0.25) is 0 Å². The molecule has 6 heteroatoms. The van der Waals surface area contributed by atoms with Crippen LogP contribution >= 0.6 is 0 Å². The fraction of sp³-hybridized carbons (Fsp3) is 0.304. The second-order valence-corrected chi connectivity index (χ2v) is 6.87. The largest absolute Gasteiger partial charge is 0.456 e. The summed E-state index contributed by atoms with van der Waals surface area (Å²) in [4.78, 5) is 25.5. The Labute approximate surface area is 169 Å². The zero-order valence-corrected chi connectivity index (χ0v) is 16.4. The third kappa shape index (κ3) is 4.88. The Balaban J connectivity index is 1.86. The van der Waals surface area contributed by atoms with Crippen molar-refractivity contribution in [1.82, 2.24) is 9.78 Å². The highest BCUT2D eigenvalue weighted by Crippen LogP contribution is 2.16. The number of ether oxygens (including phenoxy) is 1. The van der Waals surface area contributed by atoms with Crippen LogP contribution in [-0.2, 0) is 17.9 Å². The van der Waals surface area contributed by atoms with Crippen molar-refractivity contribution in [2.24, 2.45) is 0 Å². The van der Waals surface area contributed by atoms with Crippen LogP contribution < -0.4 is 5.56 Å². The molecule has 1 aromatic heterocycles. The van der Waals surface area contributed by atoms with E-state index in [1.165, 1.54) is 4.68 Å². The number of hydrogen-bond donors (Lipinski definition) is 0. The lowest BCUT2D eigenvalue weighted by atomic mass is 10.1. The number of carbonyl (C=O) groups is 1. The molecular weight excluding hydrogens is 366 g/mol. The molecule has 0 spiro atoms. The number of hydrogen-bond acceptors (Lipinski definition) is 5. The average Bonchev–Trinajstić information content (AvgIpc) is 2.76. The van der Waals surface area contributed by atoms with E-state index in [0.29, 0.717) is 22.9 Å². The van der Waals surface area contributed by atoms with Crippen LogP contribution in [0.15, 0.2) is 53.3 Å². The van der Waals surface area contributed by atoms with E-state index in [4.69, 9.17) is 10.00 Å². The molecule has 0 N–H and O–H groups in total. The molecule has 0 aliphatic carbocycles. The molecule has 0 bridgehead atoms. The fourth-order valence-corrected chi connectivity index (χ4v) is 3.17. The average molecular weight is 389 g/mol. The van der Waals surface area contributed by atoms with Gasteiger partial charge in [0.1, 0.15) is 6.61 Å². The third-order valence-corrected chi connectivity index (χ3v) is 4.71. The van der Waals surface area contributed by atoms with Gasteiger partial charge in [0.05, 0.1) is 17.0 Å². The molecule has 0 atom stereocenters. The van der Waals surface area contributed by atoms with Crippen molar-refractivity contribution in [3.8, 4) is 6.07 Å². The lowest BCUT2D eigenvalue weighted by Gasteiger charge is -2.11. The number of carbonyl (C=O) groups excluding carboxylic acids is 1. The van der Waals surface area contributed by atoms with Gasteiger partial charge >= 0.3 is 5.97 Å². The number of esters is 1. The van der Waals surface area contributed by atoms with Gasteiger partial charge < -0.3 is 4.74 Å². The van der Waals surface area contributed by atoms with Gasteiger partial charge in [-0.05, 0) is 30.2 Å². The molecule has 2 aromatic carbocycles. The quantitative estimate of drug-likeness (QED) is 0.426. The maximum absolute atomic E-state index is 12.8. The molecule has 3 aromatic rings. The van der Waals surface area contributed by atoms with Crippen molar-refractivity contribution in [2.45, 2.75) is 45.8 Å². The minimum atomic E-state index is -0.592. The molecule has 29 heavy (non-hydrogen) atoms. The predicted molar refractivity (Wildman–Crippen MR) is 110 cm³/mol. The van der Waals surface area contributed by atoms with Gasteiger partial charge in [-0.25, -0.2) is 9.48 Å². The van der Waals surface area contributed by atoms with Crippen molar-refractivity contribution in [1.29, 1.82) is 5.26 Å². The Morgan fingerprint density at radius 2 is 1.90 bits per heavy atom. The Kier molecular flexibility index (Phi) is 6.75. The SMILES string of the molecule is CCCCCCn1nc(C(=O)OCc2cccc(C#N)c2)c2ccccc2c1=O. The summed E-state index contributed by atoms with van der Waals surface area (Å²) in [5.74, 6) is -0.592. The van der Waals surface area contributed by atoms with E-state index >= 15 is 0 Å². The second-order valence-electron chi connectivity index (χ2n) is 6.87. The number of benzene rings is 2. The molecule has 0 saturated heterocycles. The fourth-order valence-electron chi connectivity index (χ4n) is 3.17. The molecule has 6 nitrogen and oxygen atoms in total. The second kappa shape index (κ2) is 9.65. The lowest BCUT2D eigenvalue weighted by molar-refractivity contribution is 0.0465. The standard InChI is InChI=1S/C23H23N3O3/c1-2-3-4-7-13-26-22(27)20-12-6-5-11-19(20)21(25-26)23(28)29-16-18-10-8-9-17(14-18)15-24/h5-6,8-12,14H,2-4,7,13,16H2,1H3. The molecule has 0 fully saturated rings. The summed E-state index contributed by atoms with van der Waals surface area (Å²) in [6.45, 7) is 2.62. The van der Waals surface area contributed by atoms with Crippen molar-refractivity contribution >= 4 is 16.7 Å². The summed E-state index contributed by atoms with van der Waals surface area (Å²) in [5, 5.41) is 14.3. The summed E-state index contributed by atoms with van der Waals surface area (Å²) in [6, 6.07) is 15.9. The summed E-state index contributed by atoms with van der Waals surface area (Å²) in [7, 11) is 0. The van der Waals surface area contributed by atoms with E-state index in [0.717, 1.165) is 31.2 Å². The summed E-state index contributed by atoms with van der Waals surface area (Å²) in [5.41, 5.74) is 1.15. The van der Waals surface area contributed by atoms with Crippen LogP contribution in [0, 0.1) is 11.3 Å². The van der Waals surface area contributed by atoms with Gasteiger partial charge in [0.15, 0.2) is 5.69 Å². The van der Waals surface area contributed by atoms with E-state index < -0.39 is 5.97 Å². The molecule has 0 radical (unpaired) electrons. The predicted octanol–water partition coefficient (Wildman–Crippen LogP) is 4.21. The number of unbranched alkanes of at least 4 members (excludes halogenated alkanes) is 3. The minimum absolute atomic E-state index is 0.0278. The third-order valence-electron chi connectivity index (χ3n) is 4.71. The smallest absolute Gasteiger partial charge is 0.359 e. The highest BCUT2D eigenvalue weighted by Gasteiger charge is 2.18. The maximum atomic E-state index is 12.8. The Morgan fingerprint density at radius 3 is 2.66 bits per heavy atom. The Morgan fingerprint density at radius 1 is 1.10 bits per heavy atom. The van der Waals surface area contributed by atoms with Crippen molar-refractivity contribution in [2.75, 3.05) is 0 Å². The van der Waals surface area contributed by atoms with Gasteiger partial charge in [-0.2, -0.15) is 10.4 Å². The van der Waals surface area contributed by atoms with Gasteiger partial charge in [-0.15, -0.1) is 0 Å². The summed E-state index contributed by atoms with van der Waals surface area (Å²) < 4.78 is 6.80. The normalized spacial score (nSPS) is 10.6. The molecule has 148 valence electrons. The number of nitrogens with zero attached hydrogens (tertiary/aromatic N) is 3. The first-order chi connectivity index (χ1) is 14.1. The van der Waals surface area contributed by atoms with Crippen LogP contribution in [0.4, 0.5) is 0 Å². The zero-order chi connectivity index (χ0) is 20.6. The first kappa shape index (κ1) is 20.3. The molecular formula is C23H23N3O3. The molecule has 0 aliphatic rings. The van der Waals surface area contributed by atoms with Gasteiger partial charge in [-0.3, -0.25) is 4.79 Å².